The SMILES string of the molecule is c1cc2nc(c1)-c1ccc(nc1)OCCCOc1ccc(cc1)OCCOc1ccc(cc1)-c1ccc3ccc4ccc(nc4c3n1)-c1ccc(cc1)OCCOc1ccc(cc1)OCCCCCCOc1ccc-2cn1. The zero-order valence-corrected chi connectivity index (χ0v) is 42.6. The van der Waals surface area contributed by atoms with E-state index >= 15 is 0 Å². The summed E-state index contributed by atoms with van der Waals surface area (Å²) in [6, 6.07) is 57.3. The Kier molecular flexibility index (Phi) is 16.1. The second-order valence-electron chi connectivity index (χ2n) is 18.3. The summed E-state index contributed by atoms with van der Waals surface area (Å²) in [5, 5.41) is 2.04. The molecule has 5 aromatic carbocycles. The highest BCUT2D eigenvalue weighted by molar-refractivity contribution is 6.04. The number of nitrogens with zero attached hydrogens (tertiary/aromatic N) is 5. The van der Waals surface area contributed by atoms with Gasteiger partial charge in [0.2, 0.25) is 11.8 Å². The topological polar surface area (TPSA) is 138 Å². The van der Waals surface area contributed by atoms with Gasteiger partial charge in [-0.05, 0) is 159 Å². The molecule has 0 spiro atoms. The summed E-state index contributed by atoms with van der Waals surface area (Å²) in [4.78, 5) is 24.2. The monoisotopic (exact) mass is 1020 g/mol. The second kappa shape index (κ2) is 24.9. The van der Waals surface area contributed by atoms with E-state index in [1.54, 1.807) is 12.4 Å². The van der Waals surface area contributed by atoms with Crippen LogP contribution in [0.1, 0.15) is 32.1 Å². The molecule has 13 nitrogen and oxygen atoms in total. The van der Waals surface area contributed by atoms with Gasteiger partial charge >= 0.3 is 0 Å². The first kappa shape index (κ1) is 50.0. The first-order valence-electron chi connectivity index (χ1n) is 26.2. The first-order chi connectivity index (χ1) is 38.1. The highest BCUT2D eigenvalue weighted by atomic mass is 16.5. The summed E-state index contributed by atoms with van der Waals surface area (Å²) in [5.74, 6) is 5.69. The van der Waals surface area contributed by atoms with E-state index in [2.05, 4.69) is 34.2 Å². The number of pyridine rings is 5. The third-order valence-corrected chi connectivity index (χ3v) is 12.9. The molecule has 18 bridgehead atoms. The van der Waals surface area contributed by atoms with Crippen molar-refractivity contribution in [2.45, 2.75) is 32.1 Å². The van der Waals surface area contributed by atoms with Gasteiger partial charge in [-0.1, -0.05) is 30.3 Å². The van der Waals surface area contributed by atoms with E-state index in [0.717, 1.165) is 127 Å². The molecule has 0 fully saturated rings. The molecular formula is C64H57N5O8. The molecule has 5 aromatic heterocycles. The van der Waals surface area contributed by atoms with Gasteiger partial charge in [0, 0.05) is 64.0 Å². The van der Waals surface area contributed by atoms with E-state index in [1.807, 2.05) is 152 Å². The Bertz CT molecular complexity index is 3490. The third kappa shape index (κ3) is 13.4. The first-order valence-corrected chi connectivity index (χ1v) is 26.2. The van der Waals surface area contributed by atoms with Gasteiger partial charge in [-0.15, -0.1) is 0 Å². The van der Waals surface area contributed by atoms with Gasteiger partial charge in [0.1, 0.15) is 60.9 Å². The maximum Gasteiger partial charge on any atom is 0.213 e. The van der Waals surface area contributed by atoms with E-state index in [9.17, 15) is 0 Å². The molecule has 10 aromatic rings. The number of hydrogen-bond acceptors (Lipinski definition) is 13. The van der Waals surface area contributed by atoms with Gasteiger partial charge in [-0.2, -0.15) is 0 Å². The Hall–Kier alpha value is -9.23. The molecule has 0 aliphatic carbocycles. The molecule has 0 unspecified atom stereocenters. The van der Waals surface area contributed by atoms with Crippen LogP contribution in [0.3, 0.4) is 0 Å². The largest absolute Gasteiger partial charge is 0.494 e. The standard InChI is InChI=1S/C64H57N5O8/c1-2-4-36-76-61-33-17-49(43-65-61)57-7-5-8-58(67-57)50-18-34-62(66-44-50)77-38-6-37-71-54-25-29-56(30-26-54)75-42-40-73-52-21-13-46(14-22-52)60-32-16-48-10-9-47-15-31-59(68-63(47)64(48)69-60)45-11-19-51(20-12-45)72-39-41-74-55-27-23-53(24-28-55)70-35-3-1/h5,7-34,43-44H,1-4,6,35-42H2. The van der Waals surface area contributed by atoms with E-state index in [4.69, 9.17) is 52.8 Å². The highest BCUT2D eigenvalue weighted by Gasteiger charge is 2.12. The van der Waals surface area contributed by atoms with Gasteiger partial charge in [0.05, 0.1) is 60.2 Å². The van der Waals surface area contributed by atoms with E-state index in [0.29, 0.717) is 71.0 Å². The van der Waals surface area contributed by atoms with Gasteiger partial charge in [-0.3, -0.25) is 0 Å². The lowest BCUT2D eigenvalue weighted by Gasteiger charge is -2.11. The van der Waals surface area contributed by atoms with Crippen LogP contribution in [-0.2, 0) is 0 Å². The molecule has 19 rings (SSSR count). The average Bonchev–Trinajstić information content (AvgIpc) is 3.49. The Morgan fingerprint density at radius 3 is 0.974 bits per heavy atom. The van der Waals surface area contributed by atoms with Crippen LogP contribution in [0, 0.1) is 0 Å². The van der Waals surface area contributed by atoms with Crippen LogP contribution in [0.15, 0.2) is 188 Å². The van der Waals surface area contributed by atoms with Crippen molar-refractivity contribution in [1.29, 1.82) is 0 Å². The fourth-order valence-electron chi connectivity index (χ4n) is 8.78. The molecule has 0 saturated carbocycles. The van der Waals surface area contributed by atoms with Crippen molar-refractivity contribution in [2.24, 2.45) is 0 Å². The van der Waals surface area contributed by atoms with Crippen molar-refractivity contribution in [3.8, 4) is 91.3 Å². The fourth-order valence-corrected chi connectivity index (χ4v) is 8.78. The van der Waals surface area contributed by atoms with Crippen LogP contribution in [0.2, 0.25) is 0 Å². The van der Waals surface area contributed by atoms with Crippen LogP contribution in [-0.4, -0.2) is 77.8 Å². The third-order valence-electron chi connectivity index (χ3n) is 12.9. The van der Waals surface area contributed by atoms with Crippen molar-refractivity contribution >= 4 is 21.8 Å². The number of aromatic nitrogens is 5. The van der Waals surface area contributed by atoms with Crippen LogP contribution < -0.4 is 37.9 Å². The molecule has 77 heavy (non-hydrogen) atoms. The van der Waals surface area contributed by atoms with E-state index in [-0.39, 0.29) is 0 Å². The summed E-state index contributed by atoms with van der Waals surface area (Å²) >= 11 is 0. The predicted octanol–water partition coefficient (Wildman–Crippen LogP) is 13.7. The molecule has 0 saturated heterocycles. The highest BCUT2D eigenvalue weighted by Crippen LogP contribution is 2.31. The van der Waals surface area contributed by atoms with Gasteiger partial charge in [0.15, 0.2) is 0 Å². The number of ether oxygens (including phenoxy) is 8. The summed E-state index contributed by atoms with van der Waals surface area (Å²) < 4.78 is 47.8. The molecule has 9 aliphatic heterocycles. The zero-order valence-electron chi connectivity index (χ0n) is 42.6. The average molecular weight is 1020 g/mol. The summed E-state index contributed by atoms with van der Waals surface area (Å²) in [7, 11) is 0. The van der Waals surface area contributed by atoms with Crippen LogP contribution >= 0.6 is 0 Å². The summed E-state index contributed by atoms with van der Waals surface area (Å²) in [6.45, 7) is 3.76. The molecule has 14 heterocycles. The quantitative estimate of drug-likeness (QED) is 0.133. The fraction of sp³-hybridized carbons (Fsp3) is 0.203. The molecule has 0 N–H and O–H groups in total. The molecule has 9 aliphatic rings. The number of rotatable bonds is 0. The van der Waals surface area contributed by atoms with E-state index in [1.165, 1.54) is 0 Å². The molecule has 386 valence electrons. The Balaban J connectivity index is 0.712. The van der Waals surface area contributed by atoms with Gasteiger partial charge < -0.3 is 37.9 Å². The van der Waals surface area contributed by atoms with Crippen LogP contribution in [0.5, 0.6) is 46.3 Å². The minimum absolute atomic E-state index is 0.383. The minimum Gasteiger partial charge on any atom is -0.494 e. The molecule has 13 heteroatoms. The zero-order chi connectivity index (χ0) is 51.9. The van der Waals surface area contributed by atoms with Gasteiger partial charge in [0.25, 0.3) is 0 Å². The summed E-state index contributed by atoms with van der Waals surface area (Å²) in [6.07, 6.45) is 8.22. The lowest BCUT2D eigenvalue weighted by molar-refractivity contribution is 0.216. The Labute approximate surface area is 447 Å². The smallest absolute Gasteiger partial charge is 0.213 e. The minimum atomic E-state index is 0.383. The number of benzene rings is 5. The summed E-state index contributed by atoms with van der Waals surface area (Å²) in [5.41, 5.74) is 8.75. The molecule has 0 radical (unpaired) electrons. The normalized spacial score (nSPS) is 14.1. The van der Waals surface area contributed by atoms with Gasteiger partial charge in [-0.25, -0.2) is 24.9 Å². The van der Waals surface area contributed by atoms with Crippen molar-refractivity contribution in [1.82, 2.24) is 24.9 Å². The van der Waals surface area contributed by atoms with Crippen molar-refractivity contribution in [2.75, 3.05) is 52.9 Å². The molecule has 0 amide bonds. The Morgan fingerprint density at radius 2 is 0.571 bits per heavy atom. The number of hydrogen-bond donors (Lipinski definition) is 0. The molecular weight excluding hydrogens is 967 g/mol. The van der Waals surface area contributed by atoms with Crippen molar-refractivity contribution in [3.63, 3.8) is 0 Å². The predicted molar refractivity (Wildman–Crippen MR) is 299 cm³/mol. The van der Waals surface area contributed by atoms with Crippen LogP contribution in [0.4, 0.5) is 0 Å². The number of fused-ring (bicyclic) bond motifs is 2. The maximum absolute atomic E-state index is 6.03. The van der Waals surface area contributed by atoms with Crippen molar-refractivity contribution < 1.29 is 37.9 Å². The Morgan fingerprint density at radius 1 is 0.247 bits per heavy atom. The van der Waals surface area contributed by atoms with E-state index < -0.39 is 0 Å². The van der Waals surface area contributed by atoms with Crippen LogP contribution in [0.25, 0.3) is 66.8 Å². The molecule has 0 atom stereocenters. The lowest BCUT2D eigenvalue weighted by atomic mass is 10.1. The maximum atomic E-state index is 6.03. The van der Waals surface area contributed by atoms with Crippen molar-refractivity contribution in [3.05, 3.63) is 188 Å². The second-order valence-corrected chi connectivity index (χ2v) is 18.3. The lowest BCUT2D eigenvalue weighted by Crippen LogP contribution is -2.09.